The minimum absolute atomic E-state index is 0.114. The van der Waals surface area contributed by atoms with Gasteiger partial charge >= 0.3 is 0 Å². The highest BCUT2D eigenvalue weighted by atomic mass is 32.2. The molecule has 2 rings (SSSR count). The van der Waals surface area contributed by atoms with Crippen molar-refractivity contribution >= 4 is 15.8 Å². The van der Waals surface area contributed by atoms with Gasteiger partial charge in [-0.2, -0.15) is 4.31 Å². The lowest BCUT2D eigenvalue weighted by Gasteiger charge is -2.39. The highest BCUT2D eigenvalue weighted by molar-refractivity contribution is 7.88. The number of carbonyl (C=O) groups excluding carboxylic acids is 1. The van der Waals surface area contributed by atoms with Crippen LogP contribution in [-0.2, 0) is 19.6 Å². The van der Waals surface area contributed by atoms with Crippen molar-refractivity contribution in [3.8, 4) is 0 Å². The van der Waals surface area contributed by atoms with Crippen LogP contribution < -0.4 is 0 Å². The summed E-state index contributed by atoms with van der Waals surface area (Å²) in [5, 5.41) is 0. The maximum absolute atomic E-state index is 11.6. The van der Waals surface area contributed by atoms with Gasteiger partial charge in [0, 0.05) is 19.5 Å². The molecule has 0 amide bonds. The van der Waals surface area contributed by atoms with Crippen LogP contribution in [0.15, 0.2) is 0 Å². The number of nitrogens with zero attached hydrogens (tertiary/aromatic N) is 1. The zero-order chi connectivity index (χ0) is 14.1. The van der Waals surface area contributed by atoms with E-state index in [1.807, 2.05) is 0 Å². The fraction of sp³-hybridized carbons (Fsp3) is 0.923. The van der Waals surface area contributed by atoms with Crippen molar-refractivity contribution in [3.63, 3.8) is 0 Å². The molecule has 1 spiro atoms. The number of piperidine rings is 1. The second-order valence-electron chi connectivity index (χ2n) is 5.90. The molecule has 0 bridgehead atoms. The standard InChI is InChI=1S/C13H23NO4S/c1-11(15)4-5-12-6-8-13(18-12)7-3-9-14(10-13)19(2,16)17/h12H,3-10H2,1-2H3/t12-,13-/m0/s1. The van der Waals surface area contributed by atoms with E-state index >= 15 is 0 Å². The largest absolute Gasteiger partial charge is 0.370 e. The molecule has 2 fully saturated rings. The van der Waals surface area contributed by atoms with Gasteiger partial charge in [-0.25, -0.2) is 8.42 Å². The van der Waals surface area contributed by atoms with Gasteiger partial charge in [0.05, 0.1) is 18.0 Å². The number of ether oxygens (including phenoxy) is 1. The first-order valence-corrected chi connectivity index (χ1v) is 8.78. The molecule has 0 aromatic heterocycles. The Hall–Kier alpha value is -0.460. The number of ketones is 1. The predicted octanol–water partition coefficient (Wildman–Crippen LogP) is 1.33. The molecule has 0 aromatic rings. The molecule has 0 radical (unpaired) electrons. The first kappa shape index (κ1) is 14.9. The van der Waals surface area contributed by atoms with Crippen LogP contribution in [0.3, 0.4) is 0 Å². The zero-order valence-corrected chi connectivity index (χ0v) is 12.5. The number of rotatable bonds is 4. The highest BCUT2D eigenvalue weighted by Crippen LogP contribution is 2.39. The molecule has 19 heavy (non-hydrogen) atoms. The molecule has 2 heterocycles. The summed E-state index contributed by atoms with van der Waals surface area (Å²) in [5.41, 5.74) is -0.303. The Morgan fingerprint density at radius 2 is 2.16 bits per heavy atom. The number of sulfonamides is 1. The Kier molecular flexibility index (Phi) is 4.32. The smallest absolute Gasteiger partial charge is 0.211 e. The van der Waals surface area contributed by atoms with Crippen molar-refractivity contribution in [2.24, 2.45) is 0 Å². The molecule has 110 valence electrons. The van der Waals surface area contributed by atoms with Gasteiger partial charge in [-0.05, 0) is 39.0 Å². The van der Waals surface area contributed by atoms with Gasteiger partial charge in [0.25, 0.3) is 0 Å². The van der Waals surface area contributed by atoms with Crippen molar-refractivity contribution < 1.29 is 17.9 Å². The van der Waals surface area contributed by atoms with Crippen LogP contribution in [0.4, 0.5) is 0 Å². The summed E-state index contributed by atoms with van der Waals surface area (Å²) >= 11 is 0. The molecule has 2 saturated heterocycles. The summed E-state index contributed by atoms with van der Waals surface area (Å²) in [6.07, 6.45) is 6.30. The fourth-order valence-corrected chi connectivity index (χ4v) is 4.03. The summed E-state index contributed by atoms with van der Waals surface area (Å²) in [7, 11) is -3.13. The first-order chi connectivity index (χ1) is 8.81. The zero-order valence-electron chi connectivity index (χ0n) is 11.7. The van der Waals surface area contributed by atoms with Crippen LogP contribution in [0.1, 0.15) is 45.4 Å². The molecule has 6 heteroatoms. The van der Waals surface area contributed by atoms with Gasteiger partial charge in [-0.1, -0.05) is 0 Å². The lowest BCUT2D eigenvalue weighted by Crippen LogP contribution is -2.50. The monoisotopic (exact) mass is 289 g/mol. The van der Waals surface area contributed by atoms with Crippen LogP contribution in [0.25, 0.3) is 0 Å². The number of carbonyl (C=O) groups is 1. The molecule has 0 unspecified atom stereocenters. The molecule has 2 aliphatic heterocycles. The topological polar surface area (TPSA) is 63.7 Å². The maximum atomic E-state index is 11.6. The van der Waals surface area contributed by atoms with E-state index in [9.17, 15) is 13.2 Å². The SMILES string of the molecule is CC(=O)CC[C@H]1CC[C@]2(CCCN(S(C)(=O)=O)C2)O1. The second kappa shape index (κ2) is 5.50. The quantitative estimate of drug-likeness (QED) is 0.783. The highest BCUT2D eigenvalue weighted by Gasteiger charge is 2.44. The Morgan fingerprint density at radius 3 is 2.79 bits per heavy atom. The van der Waals surface area contributed by atoms with Crippen LogP contribution in [0, 0.1) is 0 Å². The lowest BCUT2D eigenvalue weighted by molar-refractivity contribution is -0.118. The number of hydrogen-bond donors (Lipinski definition) is 0. The molecule has 0 saturated carbocycles. The van der Waals surface area contributed by atoms with E-state index in [1.54, 1.807) is 6.92 Å². The van der Waals surface area contributed by atoms with E-state index in [4.69, 9.17) is 4.74 Å². The third-order valence-electron chi connectivity index (χ3n) is 4.13. The van der Waals surface area contributed by atoms with Gasteiger partial charge in [-0.3, -0.25) is 0 Å². The predicted molar refractivity (Wildman–Crippen MR) is 72.4 cm³/mol. The average molecular weight is 289 g/mol. The van der Waals surface area contributed by atoms with Crippen molar-refractivity contribution in [1.82, 2.24) is 4.31 Å². The Morgan fingerprint density at radius 1 is 1.42 bits per heavy atom. The van der Waals surface area contributed by atoms with Crippen LogP contribution in [-0.4, -0.2) is 49.6 Å². The summed E-state index contributed by atoms with van der Waals surface area (Å²) < 4.78 is 30.9. The van der Waals surface area contributed by atoms with E-state index in [0.717, 1.165) is 32.1 Å². The van der Waals surface area contributed by atoms with Crippen molar-refractivity contribution in [2.75, 3.05) is 19.3 Å². The van der Waals surface area contributed by atoms with Gasteiger partial charge < -0.3 is 9.53 Å². The minimum Gasteiger partial charge on any atom is -0.370 e. The van der Waals surface area contributed by atoms with Gasteiger partial charge in [0.15, 0.2) is 0 Å². The summed E-state index contributed by atoms with van der Waals surface area (Å²) in [6.45, 7) is 2.67. The van der Waals surface area contributed by atoms with E-state index in [2.05, 4.69) is 0 Å². The lowest BCUT2D eigenvalue weighted by atomic mass is 9.91. The second-order valence-corrected chi connectivity index (χ2v) is 7.88. The molecule has 0 aromatic carbocycles. The van der Waals surface area contributed by atoms with E-state index in [1.165, 1.54) is 10.6 Å². The molecule has 0 aliphatic carbocycles. The Bertz CT molecular complexity index is 448. The summed E-state index contributed by atoms with van der Waals surface area (Å²) in [5.74, 6) is 0.186. The van der Waals surface area contributed by atoms with Crippen LogP contribution >= 0.6 is 0 Å². The summed E-state index contributed by atoms with van der Waals surface area (Å²) in [4.78, 5) is 11.0. The van der Waals surface area contributed by atoms with E-state index < -0.39 is 10.0 Å². The molecule has 2 atom stereocenters. The molecule has 0 N–H and O–H groups in total. The third-order valence-corrected chi connectivity index (χ3v) is 5.38. The number of Topliss-reactive ketones (excluding diaryl/α,β-unsaturated/α-hetero) is 1. The third kappa shape index (κ3) is 3.77. The van der Waals surface area contributed by atoms with Gasteiger partial charge in [-0.15, -0.1) is 0 Å². The molecular weight excluding hydrogens is 266 g/mol. The first-order valence-electron chi connectivity index (χ1n) is 6.93. The minimum atomic E-state index is -3.13. The summed E-state index contributed by atoms with van der Waals surface area (Å²) in [6, 6.07) is 0. The van der Waals surface area contributed by atoms with Crippen LogP contribution in [0.5, 0.6) is 0 Å². The average Bonchev–Trinajstić information content (AvgIpc) is 2.69. The van der Waals surface area contributed by atoms with Crippen molar-refractivity contribution in [3.05, 3.63) is 0 Å². The van der Waals surface area contributed by atoms with Gasteiger partial charge in [0.2, 0.25) is 10.0 Å². The van der Waals surface area contributed by atoms with Gasteiger partial charge in [0.1, 0.15) is 5.78 Å². The van der Waals surface area contributed by atoms with E-state index in [-0.39, 0.29) is 17.5 Å². The van der Waals surface area contributed by atoms with E-state index in [0.29, 0.717) is 19.5 Å². The molecule has 5 nitrogen and oxygen atoms in total. The molecule has 2 aliphatic rings. The number of hydrogen-bond acceptors (Lipinski definition) is 4. The Balaban J connectivity index is 1.95. The Labute approximate surface area is 115 Å². The maximum Gasteiger partial charge on any atom is 0.211 e. The molecular formula is C13H23NO4S. The van der Waals surface area contributed by atoms with Crippen molar-refractivity contribution in [2.45, 2.75) is 57.2 Å². The fourth-order valence-electron chi connectivity index (χ4n) is 3.10. The normalized spacial score (nSPS) is 32.8. The van der Waals surface area contributed by atoms with Crippen molar-refractivity contribution in [1.29, 1.82) is 0 Å². The van der Waals surface area contributed by atoms with Crippen LogP contribution in [0.2, 0.25) is 0 Å².